The van der Waals surface area contributed by atoms with Crippen molar-refractivity contribution in [1.29, 1.82) is 0 Å². The zero-order valence-electron chi connectivity index (χ0n) is 16.1. The number of aromatic nitrogens is 4. The average molecular weight is 425 g/mol. The van der Waals surface area contributed by atoms with Crippen molar-refractivity contribution < 1.29 is 9.90 Å². The first-order chi connectivity index (χ1) is 14.6. The van der Waals surface area contributed by atoms with Gasteiger partial charge in [-0.1, -0.05) is 30.3 Å². The third kappa shape index (κ3) is 4.05. The molecule has 1 aliphatic heterocycles. The van der Waals surface area contributed by atoms with Gasteiger partial charge in [-0.3, -0.25) is 9.78 Å². The lowest BCUT2D eigenvalue weighted by molar-refractivity contribution is -0.119. The first-order valence-corrected chi connectivity index (χ1v) is 9.93. The minimum atomic E-state index is -0.647. The fourth-order valence-electron chi connectivity index (χ4n) is 3.49. The number of nitrogens with zero attached hydrogens (tertiary/aromatic N) is 4. The summed E-state index contributed by atoms with van der Waals surface area (Å²) >= 11 is 6.07. The molecule has 0 saturated heterocycles. The molecule has 4 rings (SSSR count). The number of aryl methyl sites for hydroxylation is 1. The first kappa shape index (κ1) is 20.1. The Morgan fingerprint density at radius 1 is 1.30 bits per heavy atom. The van der Waals surface area contributed by atoms with Crippen molar-refractivity contribution in [3.8, 4) is 0 Å². The molecular formula is C21H21ClN6O2. The van der Waals surface area contributed by atoms with Crippen molar-refractivity contribution in [1.82, 2.24) is 19.7 Å². The van der Waals surface area contributed by atoms with E-state index in [1.54, 1.807) is 41.3 Å². The largest absolute Gasteiger partial charge is 0.396 e. The number of nitrogens with one attached hydrogen (secondary N) is 2. The summed E-state index contributed by atoms with van der Waals surface area (Å²) in [5.74, 6) is 0.217. The summed E-state index contributed by atoms with van der Waals surface area (Å²) < 4.78 is 1.71. The molecule has 3 aromatic rings. The number of benzene rings is 1. The molecule has 2 atom stereocenters. The fraction of sp³-hybridized carbons (Fsp3) is 0.238. The Bertz CT molecular complexity index is 1050. The molecule has 1 aromatic carbocycles. The van der Waals surface area contributed by atoms with E-state index in [1.165, 1.54) is 0 Å². The van der Waals surface area contributed by atoms with Crippen molar-refractivity contribution in [2.24, 2.45) is 5.92 Å². The highest BCUT2D eigenvalue weighted by Gasteiger charge is 2.40. The van der Waals surface area contributed by atoms with E-state index in [-0.39, 0.29) is 12.5 Å². The molecule has 8 nitrogen and oxygen atoms in total. The highest BCUT2D eigenvalue weighted by molar-refractivity contribution is 6.30. The van der Waals surface area contributed by atoms with Crippen molar-refractivity contribution in [3.05, 3.63) is 77.5 Å². The molecule has 1 amide bonds. The van der Waals surface area contributed by atoms with E-state index in [1.807, 2.05) is 12.1 Å². The summed E-state index contributed by atoms with van der Waals surface area (Å²) in [7, 11) is 0. The molecule has 0 saturated carbocycles. The van der Waals surface area contributed by atoms with Gasteiger partial charge in [0.2, 0.25) is 11.9 Å². The summed E-state index contributed by atoms with van der Waals surface area (Å²) in [4.78, 5) is 21.8. The minimum absolute atomic E-state index is 0.0563. The van der Waals surface area contributed by atoms with Crippen LogP contribution in [0.15, 0.2) is 61.1 Å². The van der Waals surface area contributed by atoms with Crippen LogP contribution in [0, 0.1) is 5.92 Å². The Hall–Kier alpha value is -3.23. The number of halogens is 1. The number of rotatable bonds is 6. The van der Waals surface area contributed by atoms with Gasteiger partial charge in [-0.15, -0.1) is 0 Å². The molecule has 30 heavy (non-hydrogen) atoms. The Morgan fingerprint density at radius 2 is 2.10 bits per heavy atom. The quantitative estimate of drug-likeness (QED) is 0.561. The zero-order valence-corrected chi connectivity index (χ0v) is 16.9. The van der Waals surface area contributed by atoms with Crippen molar-refractivity contribution in [2.45, 2.75) is 18.9 Å². The van der Waals surface area contributed by atoms with E-state index >= 15 is 0 Å². The second-order valence-corrected chi connectivity index (χ2v) is 7.42. The van der Waals surface area contributed by atoms with Gasteiger partial charge >= 0.3 is 0 Å². The van der Waals surface area contributed by atoms with Crippen LogP contribution in [0.25, 0.3) is 0 Å². The van der Waals surface area contributed by atoms with Crippen LogP contribution in [-0.2, 0) is 11.2 Å². The van der Waals surface area contributed by atoms with Crippen LogP contribution in [0.1, 0.15) is 23.9 Å². The molecule has 0 aliphatic carbocycles. The molecule has 3 N–H and O–H groups in total. The SMILES string of the molecule is C=C1Nc2nc(CCCO)nn2[C@@H](c2ccc(Cl)cc2)[C@@H]1C(=O)Nc1cccnc1. The monoisotopic (exact) mass is 424 g/mol. The Morgan fingerprint density at radius 3 is 2.80 bits per heavy atom. The molecule has 0 radical (unpaired) electrons. The maximum atomic E-state index is 13.3. The summed E-state index contributed by atoms with van der Waals surface area (Å²) in [6, 6.07) is 10.4. The summed E-state index contributed by atoms with van der Waals surface area (Å²) in [5.41, 5.74) is 1.97. The van der Waals surface area contributed by atoms with Gasteiger partial charge in [-0.05, 0) is 36.2 Å². The highest BCUT2D eigenvalue weighted by atomic mass is 35.5. The highest BCUT2D eigenvalue weighted by Crippen LogP contribution is 2.38. The number of hydrogen-bond acceptors (Lipinski definition) is 6. The van der Waals surface area contributed by atoms with E-state index < -0.39 is 12.0 Å². The minimum Gasteiger partial charge on any atom is -0.396 e. The van der Waals surface area contributed by atoms with Crippen molar-refractivity contribution in [3.63, 3.8) is 0 Å². The van der Waals surface area contributed by atoms with Gasteiger partial charge in [0.1, 0.15) is 5.92 Å². The van der Waals surface area contributed by atoms with Crippen molar-refractivity contribution >= 4 is 29.1 Å². The van der Waals surface area contributed by atoms with Gasteiger partial charge in [0.05, 0.1) is 17.9 Å². The van der Waals surface area contributed by atoms with Gasteiger partial charge in [-0.2, -0.15) is 10.1 Å². The molecule has 2 aromatic heterocycles. The standard InChI is InChI=1S/C21H21ClN6O2/c1-13-18(20(30)25-16-4-2-10-23-12-16)19(14-6-8-15(22)9-7-14)28-21(24-13)26-17(27-28)5-3-11-29/h2,4,6-10,12,18-19,29H,1,3,5,11H2,(H,25,30)(H,24,26,27)/t18-,19+/m1/s1. The average Bonchev–Trinajstić information content (AvgIpc) is 3.15. The number of aliphatic hydroxyl groups is 1. The topological polar surface area (TPSA) is 105 Å². The van der Waals surface area contributed by atoms with Crippen LogP contribution >= 0.6 is 11.6 Å². The van der Waals surface area contributed by atoms with E-state index in [9.17, 15) is 4.79 Å². The zero-order chi connectivity index (χ0) is 21.1. The van der Waals surface area contributed by atoms with Crippen molar-refractivity contribution in [2.75, 3.05) is 17.2 Å². The number of amides is 1. The third-order valence-electron chi connectivity index (χ3n) is 4.88. The molecular weight excluding hydrogens is 404 g/mol. The third-order valence-corrected chi connectivity index (χ3v) is 5.14. The van der Waals surface area contributed by atoms with E-state index in [0.29, 0.717) is 41.0 Å². The Labute approximate surface area is 178 Å². The summed E-state index contributed by atoms with van der Waals surface area (Å²) in [5, 5.41) is 20.3. The molecule has 3 heterocycles. The number of hydrogen-bond donors (Lipinski definition) is 3. The van der Waals surface area contributed by atoms with E-state index in [2.05, 4.69) is 32.3 Å². The number of carbonyl (C=O) groups excluding carboxylic acids is 1. The predicted octanol–water partition coefficient (Wildman–Crippen LogP) is 3.03. The molecule has 1 aliphatic rings. The number of anilines is 2. The van der Waals surface area contributed by atoms with Gasteiger partial charge in [0.15, 0.2) is 5.82 Å². The summed E-state index contributed by atoms with van der Waals surface area (Å²) in [6.07, 6.45) is 4.32. The van der Waals surface area contributed by atoms with Gasteiger partial charge in [0, 0.05) is 29.9 Å². The van der Waals surface area contributed by atoms with Crippen LogP contribution in [-0.4, -0.2) is 37.4 Å². The van der Waals surface area contributed by atoms with Gasteiger partial charge in [-0.25, -0.2) is 4.68 Å². The second kappa shape index (κ2) is 8.64. The van der Waals surface area contributed by atoms with Crippen LogP contribution in [0.2, 0.25) is 5.02 Å². The van der Waals surface area contributed by atoms with E-state index in [0.717, 1.165) is 5.56 Å². The number of fused-ring (bicyclic) bond motifs is 1. The smallest absolute Gasteiger partial charge is 0.236 e. The summed E-state index contributed by atoms with van der Waals surface area (Å²) in [6.45, 7) is 4.14. The fourth-order valence-corrected chi connectivity index (χ4v) is 3.62. The maximum absolute atomic E-state index is 13.3. The van der Waals surface area contributed by atoms with E-state index in [4.69, 9.17) is 16.7 Å². The molecule has 9 heteroatoms. The molecule has 0 unspecified atom stereocenters. The lowest BCUT2D eigenvalue weighted by Gasteiger charge is -2.33. The van der Waals surface area contributed by atoms with Gasteiger partial charge in [0.25, 0.3) is 0 Å². The van der Waals surface area contributed by atoms with Crippen LogP contribution in [0.5, 0.6) is 0 Å². The lowest BCUT2D eigenvalue weighted by atomic mass is 9.88. The Balaban J connectivity index is 1.73. The molecule has 0 spiro atoms. The van der Waals surface area contributed by atoms with Crippen LogP contribution < -0.4 is 10.6 Å². The van der Waals surface area contributed by atoms with Crippen LogP contribution in [0.4, 0.5) is 11.6 Å². The maximum Gasteiger partial charge on any atom is 0.236 e. The predicted molar refractivity (Wildman–Crippen MR) is 114 cm³/mol. The number of carbonyl (C=O) groups is 1. The molecule has 154 valence electrons. The van der Waals surface area contributed by atoms with Crippen LogP contribution in [0.3, 0.4) is 0 Å². The lowest BCUT2D eigenvalue weighted by Crippen LogP contribution is -2.39. The Kier molecular flexibility index (Phi) is 5.78. The number of pyridine rings is 1. The normalized spacial score (nSPS) is 17.9. The van der Waals surface area contributed by atoms with Gasteiger partial charge < -0.3 is 15.7 Å². The molecule has 0 bridgehead atoms. The second-order valence-electron chi connectivity index (χ2n) is 6.98. The molecule has 0 fully saturated rings. The number of aliphatic hydroxyl groups excluding tert-OH is 1. The first-order valence-electron chi connectivity index (χ1n) is 9.55.